The zero-order valence-corrected chi connectivity index (χ0v) is 11.9. The number of hydrogen-bond acceptors (Lipinski definition) is 3. The second kappa shape index (κ2) is 7.02. The van der Waals surface area contributed by atoms with Gasteiger partial charge in [0.15, 0.2) is 0 Å². The summed E-state index contributed by atoms with van der Waals surface area (Å²) in [5.41, 5.74) is 4.84. The van der Waals surface area contributed by atoms with Crippen LogP contribution in [0, 0.1) is 0 Å². The van der Waals surface area contributed by atoms with Gasteiger partial charge in [0.25, 0.3) is 0 Å². The van der Waals surface area contributed by atoms with Crippen molar-refractivity contribution in [2.75, 3.05) is 24.2 Å². The van der Waals surface area contributed by atoms with Crippen molar-refractivity contribution in [3.63, 3.8) is 0 Å². The molecule has 0 heterocycles. The Bertz CT molecular complexity index is 457. The highest BCUT2D eigenvalue weighted by Gasteiger charge is 2.33. The smallest absolute Gasteiger partial charge is 0.399 e. The molecule has 0 amide bonds. The topological polar surface area (TPSA) is 47.3 Å². The number of ether oxygens (including phenoxy) is 1. The molecular weight excluding hydrogens is 281 g/mol. The average molecular weight is 302 g/mol. The van der Waals surface area contributed by atoms with E-state index >= 15 is 0 Å². The highest BCUT2D eigenvalue weighted by Crippen LogP contribution is 2.35. The first-order chi connectivity index (χ1) is 9.97. The number of halogens is 3. The molecule has 0 saturated heterocycles. The van der Waals surface area contributed by atoms with E-state index in [1.165, 1.54) is 31.4 Å². The number of hydrogen-bond donors (Lipinski definition) is 2. The molecule has 0 atom stereocenters. The minimum Gasteiger partial charge on any atom is -0.399 e. The van der Waals surface area contributed by atoms with Gasteiger partial charge >= 0.3 is 6.18 Å². The fraction of sp³-hybridized carbons (Fsp3) is 0.600. The molecule has 118 valence electrons. The van der Waals surface area contributed by atoms with Crippen LogP contribution in [0.15, 0.2) is 18.2 Å². The Balaban J connectivity index is 1.85. The predicted octanol–water partition coefficient (Wildman–Crippen LogP) is 4.05. The minimum absolute atomic E-state index is 0.0453. The van der Waals surface area contributed by atoms with E-state index < -0.39 is 11.7 Å². The Morgan fingerprint density at radius 1 is 1.19 bits per heavy atom. The van der Waals surface area contributed by atoms with E-state index in [1.54, 1.807) is 0 Å². The molecule has 3 N–H and O–H groups in total. The summed E-state index contributed by atoms with van der Waals surface area (Å²) in [6.45, 7) is 0.760. The highest BCUT2D eigenvalue weighted by atomic mass is 19.4. The summed E-state index contributed by atoms with van der Waals surface area (Å²) in [5.74, 6) is 0. The first-order valence-electron chi connectivity index (χ1n) is 7.29. The third-order valence-corrected chi connectivity index (χ3v) is 3.67. The minimum atomic E-state index is -4.41. The van der Waals surface area contributed by atoms with Crippen molar-refractivity contribution in [2.45, 2.75) is 44.4 Å². The summed E-state index contributed by atoms with van der Waals surface area (Å²) >= 11 is 0. The molecular formula is C15H21F3N2O. The second-order valence-corrected chi connectivity index (χ2v) is 5.36. The number of benzene rings is 1. The van der Waals surface area contributed by atoms with Crippen LogP contribution < -0.4 is 11.1 Å². The fourth-order valence-corrected chi connectivity index (χ4v) is 2.59. The van der Waals surface area contributed by atoms with Crippen LogP contribution in [-0.2, 0) is 10.9 Å². The van der Waals surface area contributed by atoms with Crippen molar-refractivity contribution in [1.29, 1.82) is 0 Å². The van der Waals surface area contributed by atoms with E-state index in [1.807, 2.05) is 0 Å². The standard InChI is InChI=1S/C15H21F3N2O/c16-15(17,18)13-10-11(19)6-7-14(13)20-8-9-21-12-4-2-1-3-5-12/h6-7,10,12,20H,1-5,8-9,19H2. The monoisotopic (exact) mass is 302 g/mol. The average Bonchev–Trinajstić information content (AvgIpc) is 2.45. The highest BCUT2D eigenvalue weighted by molar-refractivity contribution is 5.59. The van der Waals surface area contributed by atoms with E-state index in [9.17, 15) is 13.2 Å². The number of nitrogen functional groups attached to an aromatic ring is 1. The van der Waals surface area contributed by atoms with E-state index in [0.717, 1.165) is 18.9 Å². The number of rotatable bonds is 5. The van der Waals surface area contributed by atoms with E-state index in [4.69, 9.17) is 10.5 Å². The SMILES string of the molecule is Nc1ccc(NCCOC2CCCCC2)c(C(F)(F)F)c1. The molecule has 3 nitrogen and oxygen atoms in total. The largest absolute Gasteiger partial charge is 0.418 e. The zero-order chi connectivity index (χ0) is 15.3. The quantitative estimate of drug-likeness (QED) is 0.637. The van der Waals surface area contributed by atoms with Crippen molar-refractivity contribution < 1.29 is 17.9 Å². The van der Waals surface area contributed by atoms with Gasteiger partial charge in [0, 0.05) is 17.9 Å². The normalized spacial score (nSPS) is 16.9. The van der Waals surface area contributed by atoms with Gasteiger partial charge in [-0.15, -0.1) is 0 Å². The summed E-state index contributed by atoms with van der Waals surface area (Å²) in [5, 5.41) is 2.79. The van der Waals surface area contributed by atoms with Crippen LogP contribution in [-0.4, -0.2) is 19.3 Å². The van der Waals surface area contributed by atoms with Gasteiger partial charge in [-0.1, -0.05) is 19.3 Å². The third kappa shape index (κ3) is 4.81. The molecule has 0 unspecified atom stereocenters. The molecule has 0 radical (unpaired) electrons. The molecule has 0 bridgehead atoms. The van der Waals surface area contributed by atoms with Gasteiger partial charge in [0.2, 0.25) is 0 Å². The fourth-order valence-electron chi connectivity index (χ4n) is 2.59. The molecule has 1 saturated carbocycles. The maximum Gasteiger partial charge on any atom is 0.418 e. The van der Waals surface area contributed by atoms with Gasteiger partial charge in [0.1, 0.15) is 0 Å². The molecule has 1 aromatic carbocycles. The third-order valence-electron chi connectivity index (χ3n) is 3.67. The Labute approximate surface area is 122 Å². The first-order valence-corrected chi connectivity index (χ1v) is 7.29. The van der Waals surface area contributed by atoms with Gasteiger partial charge in [-0.2, -0.15) is 13.2 Å². The van der Waals surface area contributed by atoms with E-state index in [0.29, 0.717) is 13.2 Å². The van der Waals surface area contributed by atoms with Gasteiger partial charge in [-0.3, -0.25) is 0 Å². The lowest BCUT2D eigenvalue weighted by atomic mass is 9.98. The summed E-state index contributed by atoms with van der Waals surface area (Å²) in [4.78, 5) is 0. The molecule has 1 aliphatic carbocycles. The number of nitrogens with two attached hydrogens (primary N) is 1. The molecule has 1 fully saturated rings. The van der Waals surface area contributed by atoms with Crippen LogP contribution in [0.1, 0.15) is 37.7 Å². The Hall–Kier alpha value is -1.43. The Kier molecular flexibility index (Phi) is 5.33. The van der Waals surface area contributed by atoms with Gasteiger partial charge in [-0.25, -0.2) is 0 Å². The molecule has 0 spiro atoms. The first kappa shape index (κ1) is 15.9. The van der Waals surface area contributed by atoms with Crippen LogP contribution in [0.3, 0.4) is 0 Å². The van der Waals surface area contributed by atoms with Crippen molar-refractivity contribution in [2.24, 2.45) is 0 Å². The molecule has 0 aromatic heterocycles. The maximum atomic E-state index is 12.9. The van der Waals surface area contributed by atoms with Crippen molar-refractivity contribution in [3.05, 3.63) is 23.8 Å². The molecule has 2 rings (SSSR count). The summed E-state index contributed by atoms with van der Waals surface area (Å²) in [7, 11) is 0. The molecule has 1 aromatic rings. The van der Waals surface area contributed by atoms with Gasteiger partial charge < -0.3 is 15.8 Å². The molecule has 21 heavy (non-hydrogen) atoms. The summed E-state index contributed by atoms with van der Waals surface area (Å²) in [6, 6.07) is 3.77. The maximum absolute atomic E-state index is 12.9. The zero-order valence-electron chi connectivity index (χ0n) is 11.9. The lowest BCUT2D eigenvalue weighted by Crippen LogP contribution is -2.21. The number of anilines is 2. The molecule has 1 aliphatic rings. The summed E-state index contributed by atoms with van der Waals surface area (Å²) < 4.78 is 44.4. The second-order valence-electron chi connectivity index (χ2n) is 5.36. The van der Waals surface area contributed by atoms with Crippen LogP contribution >= 0.6 is 0 Å². The van der Waals surface area contributed by atoms with E-state index in [2.05, 4.69) is 5.32 Å². The lowest BCUT2D eigenvalue weighted by molar-refractivity contribution is -0.136. The van der Waals surface area contributed by atoms with E-state index in [-0.39, 0.29) is 17.5 Å². The summed E-state index contributed by atoms with van der Waals surface area (Å²) in [6.07, 6.45) is 1.54. The van der Waals surface area contributed by atoms with Crippen molar-refractivity contribution in [1.82, 2.24) is 0 Å². The van der Waals surface area contributed by atoms with Crippen LogP contribution in [0.4, 0.5) is 24.5 Å². The number of nitrogens with one attached hydrogen (secondary N) is 1. The predicted molar refractivity (Wildman–Crippen MR) is 77.2 cm³/mol. The van der Waals surface area contributed by atoms with Crippen molar-refractivity contribution >= 4 is 11.4 Å². The van der Waals surface area contributed by atoms with Gasteiger partial charge in [0.05, 0.1) is 18.3 Å². The molecule has 6 heteroatoms. The molecule has 0 aliphatic heterocycles. The van der Waals surface area contributed by atoms with Crippen LogP contribution in [0.5, 0.6) is 0 Å². The van der Waals surface area contributed by atoms with Crippen LogP contribution in [0.25, 0.3) is 0 Å². The van der Waals surface area contributed by atoms with Gasteiger partial charge in [-0.05, 0) is 31.0 Å². The Morgan fingerprint density at radius 3 is 2.57 bits per heavy atom. The lowest BCUT2D eigenvalue weighted by Gasteiger charge is -2.22. The van der Waals surface area contributed by atoms with Crippen molar-refractivity contribution in [3.8, 4) is 0 Å². The Morgan fingerprint density at radius 2 is 1.90 bits per heavy atom. The number of alkyl halides is 3. The van der Waals surface area contributed by atoms with Crippen LogP contribution in [0.2, 0.25) is 0 Å².